The highest BCUT2D eigenvalue weighted by Crippen LogP contribution is 2.11. The summed E-state index contributed by atoms with van der Waals surface area (Å²) in [5, 5.41) is 2.16. The number of H-pyrrole nitrogens is 2. The van der Waals surface area contributed by atoms with Gasteiger partial charge in [-0.2, -0.15) is 0 Å². The number of hydrogen-bond donors (Lipinski definition) is 2. The Balaban J connectivity index is 0.000000114. The number of rotatable bonds is 0. The first-order chi connectivity index (χ1) is 9.47. The SMILES string of the molecule is c1c[nH]cn1.c1c[nH]cn1.c1cc2cocc2cn1. The molecule has 2 N–H and O–H groups in total. The third-order valence-corrected chi connectivity index (χ3v) is 2.09. The molecular formula is C13H13N5O. The zero-order chi connectivity index (χ0) is 13.2. The van der Waals surface area contributed by atoms with Gasteiger partial charge in [0.05, 0.1) is 25.2 Å². The molecule has 0 aromatic carbocycles. The van der Waals surface area contributed by atoms with Crippen molar-refractivity contribution in [1.29, 1.82) is 0 Å². The molecule has 0 fully saturated rings. The zero-order valence-electron chi connectivity index (χ0n) is 10.1. The van der Waals surface area contributed by atoms with E-state index >= 15 is 0 Å². The van der Waals surface area contributed by atoms with Gasteiger partial charge in [0.1, 0.15) is 0 Å². The number of fused-ring (bicyclic) bond motifs is 1. The molecule has 6 nitrogen and oxygen atoms in total. The minimum absolute atomic E-state index is 1.05. The van der Waals surface area contributed by atoms with Crippen LogP contribution < -0.4 is 0 Å². The van der Waals surface area contributed by atoms with E-state index in [9.17, 15) is 0 Å². The van der Waals surface area contributed by atoms with Gasteiger partial charge >= 0.3 is 0 Å². The second kappa shape index (κ2) is 7.44. The van der Waals surface area contributed by atoms with E-state index in [2.05, 4.69) is 24.9 Å². The Bertz CT molecular complexity index is 552. The molecule has 6 heteroatoms. The fourth-order valence-corrected chi connectivity index (χ4v) is 1.23. The van der Waals surface area contributed by atoms with Crippen molar-refractivity contribution in [2.24, 2.45) is 0 Å². The minimum Gasteiger partial charge on any atom is -0.471 e. The Morgan fingerprint density at radius 3 is 1.95 bits per heavy atom. The second-order valence-electron chi connectivity index (χ2n) is 3.40. The summed E-state index contributed by atoms with van der Waals surface area (Å²) in [5.74, 6) is 0. The largest absolute Gasteiger partial charge is 0.471 e. The van der Waals surface area contributed by atoms with Crippen LogP contribution >= 0.6 is 0 Å². The minimum atomic E-state index is 1.05. The van der Waals surface area contributed by atoms with Crippen LogP contribution in [0.3, 0.4) is 0 Å². The molecule has 0 amide bonds. The van der Waals surface area contributed by atoms with Crippen LogP contribution in [0.1, 0.15) is 0 Å². The van der Waals surface area contributed by atoms with Crippen LogP contribution in [0.25, 0.3) is 10.8 Å². The first-order valence-corrected chi connectivity index (χ1v) is 5.58. The molecule has 0 aliphatic carbocycles. The van der Waals surface area contributed by atoms with Gasteiger partial charge in [-0.3, -0.25) is 4.98 Å². The molecule has 0 radical (unpaired) electrons. The van der Waals surface area contributed by atoms with Gasteiger partial charge in [0.25, 0.3) is 0 Å². The maximum Gasteiger partial charge on any atom is 0.0996 e. The molecule has 4 aromatic rings. The van der Waals surface area contributed by atoms with E-state index in [4.69, 9.17) is 4.42 Å². The molecule has 0 saturated carbocycles. The number of hydrogen-bond acceptors (Lipinski definition) is 4. The standard InChI is InChI=1S/C7H5NO.2C3H4N2/c1-2-8-3-7-5-9-4-6(1)7;2*1-2-5-3-4-1/h1-5H;2*1-3H,(H,4,5). The molecule has 4 heterocycles. The van der Waals surface area contributed by atoms with Crippen molar-refractivity contribution >= 4 is 10.8 Å². The van der Waals surface area contributed by atoms with Gasteiger partial charge in [-0.25, -0.2) is 9.97 Å². The number of nitrogens with one attached hydrogen (secondary N) is 2. The van der Waals surface area contributed by atoms with E-state index in [1.165, 1.54) is 0 Å². The van der Waals surface area contributed by atoms with Crippen LogP contribution in [-0.4, -0.2) is 24.9 Å². The Labute approximate surface area is 109 Å². The number of pyridine rings is 1. The van der Waals surface area contributed by atoms with Gasteiger partial charge in [-0.1, -0.05) is 0 Å². The van der Waals surface area contributed by atoms with Crippen LogP contribution in [0.4, 0.5) is 0 Å². The molecule has 96 valence electrons. The molecular weight excluding hydrogens is 242 g/mol. The Morgan fingerprint density at radius 2 is 1.47 bits per heavy atom. The van der Waals surface area contributed by atoms with E-state index in [-0.39, 0.29) is 0 Å². The lowest BCUT2D eigenvalue weighted by Crippen LogP contribution is -1.65. The lowest BCUT2D eigenvalue weighted by molar-refractivity contribution is 0.572. The van der Waals surface area contributed by atoms with E-state index in [1.807, 2.05) is 6.07 Å². The summed E-state index contributed by atoms with van der Waals surface area (Å²) < 4.78 is 4.92. The summed E-state index contributed by atoms with van der Waals surface area (Å²) in [6.45, 7) is 0. The summed E-state index contributed by atoms with van der Waals surface area (Å²) in [5.41, 5.74) is 0. The van der Waals surface area contributed by atoms with Crippen LogP contribution in [0.15, 0.2) is 72.8 Å². The van der Waals surface area contributed by atoms with Gasteiger partial charge in [-0.15, -0.1) is 0 Å². The van der Waals surface area contributed by atoms with Gasteiger partial charge in [0.15, 0.2) is 0 Å². The summed E-state index contributed by atoms with van der Waals surface area (Å²) in [7, 11) is 0. The fourth-order valence-electron chi connectivity index (χ4n) is 1.23. The van der Waals surface area contributed by atoms with Crippen molar-refractivity contribution in [2.75, 3.05) is 0 Å². The maximum absolute atomic E-state index is 4.92. The molecule has 0 aliphatic heterocycles. The smallest absolute Gasteiger partial charge is 0.0996 e. The molecule has 0 unspecified atom stereocenters. The summed E-state index contributed by atoms with van der Waals surface area (Å²) >= 11 is 0. The molecule has 4 rings (SSSR count). The van der Waals surface area contributed by atoms with Gasteiger partial charge in [0, 0.05) is 48.0 Å². The fraction of sp³-hybridized carbons (Fsp3) is 0. The van der Waals surface area contributed by atoms with Crippen molar-refractivity contribution in [3.05, 3.63) is 68.4 Å². The maximum atomic E-state index is 4.92. The van der Waals surface area contributed by atoms with Crippen molar-refractivity contribution in [1.82, 2.24) is 24.9 Å². The van der Waals surface area contributed by atoms with Crippen LogP contribution in [0, 0.1) is 0 Å². The number of aromatic nitrogens is 5. The Hall–Kier alpha value is -2.89. The third-order valence-electron chi connectivity index (χ3n) is 2.09. The van der Waals surface area contributed by atoms with Crippen LogP contribution in [-0.2, 0) is 0 Å². The highest BCUT2D eigenvalue weighted by molar-refractivity contribution is 5.79. The highest BCUT2D eigenvalue weighted by Gasteiger charge is 1.90. The quantitative estimate of drug-likeness (QED) is 0.506. The molecule has 0 spiro atoms. The van der Waals surface area contributed by atoms with Crippen LogP contribution in [0.2, 0.25) is 0 Å². The topological polar surface area (TPSA) is 83.4 Å². The van der Waals surface area contributed by atoms with Crippen molar-refractivity contribution in [3.63, 3.8) is 0 Å². The van der Waals surface area contributed by atoms with Crippen molar-refractivity contribution in [3.8, 4) is 0 Å². The number of nitrogens with zero attached hydrogens (tertiary/aromatic N) is 3. The molecule has 0 saturated heterocycles. The third kappa shape index (κ3) is 4.47. The van der Waals surface area contributed by atoms with E-state index in [0.717, 1.165) is 10.8 Å². The number of aromatic amines is 2. The van der Waals surface area contributed by atoms with Gasteiger partial charge < -0.3 is 14.4 Å². The lowest BCUT2D eigenvalue weighted by Gasteiger charge is -1.79. The highest BCUT2D eigenvalue weighted by atomic mass is 16.3. The second-order valence-corrected chi connectivity index (χ2v) is 3.40. The Kier molecular flexibility index (Phi) is 4.92. The lowest BCUT2D eigenvalue weighted by atomic mass is 10.3. The van der Waals surface area contributed by atoms with Gasteiger partial charge in [0.2, 0.25) is 0 Å². The van der Waals surface area contributed by atoms with Crippen LogP contribution in [0.5, 0.6) is 0 Å². The molecule has 0 aliphatic rings. The van der Waals surface area contributed by atoms with E-state index in [0.29, 0.717) is 0 Å². The Morgan fingerprint density at radius 1 is 0.789 bits per heavy atom. The molecule has 0 atom stereocenters. The predicted octanol–water partition coefficient (Wildman–Crippen LogP) is 2.65. The zero-order valence-corrected chi connectivity index (χ0v) is 10.1. The monoisotopic (exact) mass is 255 g/mol. The van der Waals surface area contributed by atoms with Gasteiger partial charge in [-0.05, 0) is 6.07 Å². The van der Waals surface area contributed by atoms with Crippen molar-refractivity contribution in [2.45, 2.75) is 0 Å². The van der Waals surface area contributed by atoms with E-state index in [1.54, 1.807) is 62.4 Å². The normalized spacial score (nSPS) is 9.05. The summed E-state index contributed by atoms with van der Waals surface area (Å²) in [4.78, 5) is 16.8. The first kappa shape index (κ1) is 12.6. The molecule has 4 aromatic heterocycles. The first-order valence-electron chi connectivity index (χ1n) is 5.58. The average Bonchev–Trinajstić information content (AvgIpc) is 3.22. The summed E-state index contributed by atoms with van der Waals surface area (Å²) in [6.07, 6.45) is 17.1. The van der Waals surface area contributed by atoms with Crippen molar-refractivity contribution < 1.29 is 4.42 Å². The average molecular weight is 255 g/mol. The summed E-state index contributed by atoms with van der Waals surface area (Å²) in [6, 6.07) is 1.92. The number of imidazole rings is 2. The number of furan rings is 1. The van der Waals surface area contributed by atoms with E-state index < -0.39 is 0 Å². The molecule has 0 bridgehead atoms. The predicted molar refractivity (Wildman–Crippen MR) is 71.2 cm³/mol. The molecule has 19 heavy (non-hydrogen) atoms.